The SMILES string of the molecule is Cc1ccc(-n2nc(C)c(NC(=O)CN3CCN(C(=O)c4cc5ccccc5[nH]4)CC3)c2C)cc1. The van der Waals surface area contributed by atoms with Crippen molar-refractivity contribution >= 4 is 28.4 Å². The van der Waals surface area contributed by atoms with Crippen LogP contribution in [0, 0.1) is 20.8 Å². The smallest absolute Gasteiger partial charge is 0.270 e. The molecule has 2 aromatic heterocycles. The van der Waals surface area contributed by atoms with Gasteiger partial charge in [-0.05, 0) is 45.0 Å². The van der Waals surface area contributed by atoms with Crippen LogP contribution in [0.5, 0.6) is 0 Å². The van der Waals surface area contributed by atoms with E-state index >= 15 is 0 Å². The van der Waals surface area contributed by atoms with Crippen molar-refractivity contribution in [3.05, 3.63) is 77.2 Å². The van der Waals surface area contributed by atoms with E-state index in [2.05, 4.69) is 20.3 Å². The van der Waals surface area contributed by atoms with E-state index in [9.17, 15) is 9.59 Å². The van der Waals surface area contributed by atoms with Gasteiger partial charge in [0, 0.05) is 37.1 Å². The highest BCUT2D eigenvalue weighted by Gasteiger charge is 2.25. The van der Waals surface area contributed by atoms with Gasteiger partial charge in [-0.25, -0.2) is 4.68 Å². The van der Waals surface area contributed by atoms with Gasteiger partial charge in [-0.2, -0.15) is 5.10 Å². The Morgan fingerprint density at radius 3 is 2.40 bits per heavy atom. The number of nitrogens with one attached hydrogen (secondary N) is 2. The normalized spacial score (nSPS) is 14.4. The third-order valence-electron chi connectivity index (χ3n) is 6.62. The van der Waals surface area contributed by atoms with Crippen LogP contribution in [0.1, 0.15) is 27.4 Å². The number of hydrogen-bond donors (Lipinski definition) is 2. The summed E-state index contributed by atoms with van der Waals surface area (Å²) in [5.74, 6) is -0.0740. The molecule has 35 heavy (non-hydrogen) atoms. The van der Waals surface area contributed by atoms with Gasteiger partial charge in [-0.1, -0.05) is 35.9 Å². The number of carbonyl (C=O) groups is 2. The number of fused-ring (bicyclic) bond motifs is 1. The second kappa shape index (κ2) is 9.38. The van der Waals surface area contributed by atoms with Crippen molar-refractivity contribution in [1.82, 2.24) is 24.6 Å². The molecular weight excluding hydrogens is 440 g/mol. The number of aryl methyl sites for hydroxylation is 2. The molecule has 0 atom stereocenters. The third-order valence-corrected chi connectivity index (χ3v) is 6.62. The summed E-state index contributed by atoms with van der Waals surface area (Å²) in [5, 5.41) is 8.71. The van der Waals surface area contributed by atoms with E-state index in [4.69, 9.17) is 0 Å². The van der Waals surface area contributed by atoms with Gasteiger partial charge in [0.2, 0.25) is 5.91 Å². The van der Waals surface area contributed by atoms with Crippen LogP contribution in [0.15, 0.2) is 54.6 Å². The molecule has 0 spiro atoms. The molecule has 0 radical (unpaired) electrons. The van der Waals surface area contributed by atoms with E-state index in [1.54, 1.807) is 0 Å². The number of anilines is 1. The Kier molecular flexibility index (Phi) is 6.13. The Labute approximate surface area is 204 Å². The Morgan fingerprint density at radius 2 is 1.69 bits per heavy atom. The molecule has 0 unspecified atom stereocenters. The fourth-order valence-electron chi connectivity index (χ4n) is 4.61. The van der Waals surface area contributed by atoms with Crippen molar-refractivity contribution < 1.29 is 9.59 Å². The minimum atomic E-state index is -0.0740. The highest BCUT2D eigenvalue weighted by molar-refractivity contribution is 5.98. The van der Waals surface area contributed by atoms with E-state index in [1.807, 2.05) is 85.0 Å². The standard InChI is InChI=1S/C27H30N6O2/c1-18-8-10-22(11-9-18)33-20(3)26(19(2)30-33)29-25(34)17-31-12-14-32(15-13-31)27(35)24-16-21-6-4-5-7-23(21)28-24/h4-11,16,28H,12-15,17H2,1-3H3,(H,29,34). The van der Waals surface area contributed by atoms with E-state index in [0.717, 1.165) is 33.7 Å². The molecule has 0 bridgehead atoms. The molecule has 1 aliphatic rings. The molecule has 5 rings (SSSR count). The molecule has 8 nitrogen and oxygen atoms in total. The number of H-pyrrole nitrogens is 1. The maximum Gasteiger partial charge on any atom is 0.270 e. The molecule has 4 aromatic rings. The van der Waals surface area contributed by atoms with E-state index in [1.165, 1.54) is 5.56 Å². The van der Waals surface area contributed by atoms with Crippen molar-refractivity contribution in [2.75, 3.05) is 38.0 Å². The molecule has 2 aromatic carbocycles. The van der Waals surface area contributed by atoms with Crippen molar-refractivity contribution in [3.8, 4) is 5.69 Å². The molecule has 8 heteroatoms. The van der Waals surface area contributed by atoms with Gasteiger partial charge in [0.25, 0.3) is 5.91 Å². The molecule has 180 valence electrons. The molecular formula is C27H30N6O2. The predicted octanol–water partition coefficient (Wildman–Crippen LogP) is 3.68. The first kappa shape index (κ1) is 22.9. The predicted molar refractivity (Wildman–Crippen MR) is 137 cm³/mol. The van der Waals surface area contributed by atoms with Gasteiger partial charge in [-0.3, -0.25) is 14.5 Å². The lowest BCUT2D eigenvalue weighted by atomic mass is 10.2. The quantitative estimate of drug-likeness (QED) is 0.466. The first-order valence-electron chi connectivity index (χ1n) is 11.9. The minimum absolute atomic E-state index is 0.0000657. The fraction of sp³-hybridized carbons (Fsp3) is 0.296. The summed E-state index contributed by atoms with van der Waals surface area (Å²) in [6.07, 6.45) is 0. The Bertz CT molecular complexity index is 1340. The van der Waals surface area contributed by atoms with Crippen molar-refractivity contribution in [2.45, 2.75) is 20.8 Å². The summed E-state index contributed by atoms with van der Waals surface area (Å²) in [6, 6.07) is 17.9. The van der Waals surface area contributed by atoms with Crippen LogP contribution < -0.4 is 5.32 Å². The molecule has 0 saturated carbocycles. The number of hydrogen-bond acceptors (Lipinski definition) is 4. The summed E-state index contributed by atoms with van der Waals surface area (Å²) in [7, 11) is 0. The van der Waals surface area contributed by atoms with Gasteiger partial charge < -0.3 is 15.2 Å². The molecule has 3 heterocycles. The lowest BCUT2D eigenvalue weighted by molar-refractivity contribution is -0.117. The van der Waals surface area contributed by atoms with E-state index < -0.39 is 0 Å². The lowest BCUT2D eigenvalue weighted by Gasteiger charge is -2.34. The third kappa shape index (κ3) is 4.70. The second-order valence-electron chi connectivity index (χ2n) is 9.18. The number of aromatic nitrogens is 3. The monoisotopic (exact) mass is 470 g/mol. The Hall–Kier alpha value is -3.91. The molecule has 1 aliphatic heterocycles. The second-order valence-corrected chi connectivity index (χ2v) is 9.18. The van der Waals surface area contributed by atoms with E-state index in [0.29, 0.717) is 31.9 Å². The first-order chi connectivity index (χ1) is 16.9. The highest BCUT2D eigenvalue weighted by atomic mass is 16.2. The first-order valence-corrected chi connectivity index (χ1v) is 11.9. The van der Waals surface area contributed by atoms with Crippen molar-refractivity contribution in [2.24, 2.45) is 0 Å². The van der Waals surface area contributed by atoms with Crippen LogP contribution >= 0.6 is 0 Å². The van der Waals surface area contributed by atoms with Crippen LogP contribution in [0.25, 0.3) is 16.6 Å². The number of aromatic amines is 1. The number of para-hydroxylation sites is 1. The lowest BCUT2D eigenvalue weighted by Crippen LogP contribution is -2.50. The van der Waals surface area contributed by atoms with Gasteiger partial charge in [0.15, 0.2) is 0 Å². The molecule has 1 saturated heterocycles. The van der Waals surface area contributed by atoms with Crippen LogP contribution in [0.3, 0.4) is 0 Å². The van der Waals surface area contributed by atoms with Crippen LogP contribution in [0.2, 0.25) is 0 Å². The van der Waals surface area contributed by atoms with Crippen LogP contribution in [0.4, 0.5) is 5.69 Å². The van der Waals surface area contributed by atoms with Crippen molar-refractivity contribution in [1.29, 1.82) is 0 Å². The number of carbonyl (C=O) groups excluding carboxylic acids is 2. The average molecular weight is 471 g/mol. The zero-order chi connectivity index (χ0) is 24.5. The number of rotatable bonds is 5. The van der Waals surface area contributed by atoms with Crippen molar-refractivity contribution in [3.63, 3.8) is 0 Å². The topological polar surface area (TPSA) is 86.3 Å². The fourth-order valence-corrected chi connectivity index (χ4v) is 4.61. The average Bonchev–Trinajstić information content (AvgIpc) is 3.41. The Morgan fingerprint density at radius 1 is 0.971 bits per heavy atom. The van der Waals surface area contributed by atoms with Gasteiger partial charge in [0.1, 0.15) is 5.69 Å². The van der Waals surface area contributed by atoms with Crippen LogP contribution in [-0.4, -0.2) is 69.1 Å². The number of nitrogens with zero attached hydrogens (tertiary/aromatic N) is 4. The summed E-state index contributed by atoms with van der Waals surface area (Å²) in [4.78, 5) is 32.9. The van der Waals surface area contributed by atoms with Gasteiger partial charge in [-0.15, -0.1) is 0 Å². The Balaban J connectivity index is 1.17. The van der Waals surface area contributed by atoms with Gasteiger partial charge >= 0.3 is 0 Å². The summed E-state index contributed by atoms with van der Waals surface area (Å²) in [5.41, 5.74) is 6.15. The number of amides is 2. The van der Waals surface area contributed by atoms with E-state index in [-0.39, 0.29) is 18.4 Å². The maximum absolute atomic E-state index is 12.9. The summed E-state index contributed by atoms with van der Waals surface area (Å²) >= 11 is 0. The zero-order valence-electron chi connectivity index (χ0n) is 20.3. The number of piperazine rings is 1. The zero-order valence-corrected chi connectivity index (χ0v) is 20.3. The summed E-state index contributed by atoms with van der Waals surface area (Å²) in [6.45, 7) is 8.68. The minimum Gasteiger partial charge on any atom is -0.351 e. The van der Waals surface area contributed by atoms with Crippen LogP contribution in [-0.2, 0) is 4.79 Å². The maximum atomic E-state index is 12.9. The van der Waals surface area contributed by atoms with Gasteiger partial charge in [0.05, 0.1) is 29.3 Å². The molecule has 2 N–H and O–H groups in total. The largest absolute Gasteiger partial charge is 0.351 e. The molecule has 1 fully saturated rings. The highest BCUT2D eigenvalue weighted by Crippen LogP contribution is 2.23. The number of benzene rings is 2. The molecule has 0 aliphatic carbocycles. The summed E-state index contributed by atoms with van der Waals surface area (Å²) < 4.78 is 1.86. The molecule has 2 amide bonds.